The van der Waals surface area contributed by atoms with Gasteiger partial charge in [0.2, 0.25) is 5.91 Å². The molecule has 2 aromatic carbocycles. The summed E-state index contributed by atoms with van der Waals surface area (Å²) < 4.78 is 5.70. The van der Waals surface area contributed by atoms with Crippen LogP contribution in [0.2, 0.25) is 0 Å². The summed E-state index contributed by atoms with van der Waals surface area (Å²) in [4.78, 5) is 11.5. The molecule has 2 aromatic rings. The van der Waals surface area contributed by atoms with Gasteiger partial charge in [-0.25, -0.2) is 0 Å². The Balaban J connectivity index is 0.00000264. The average Bonchev–Trinajstić information content (AvgIpc) is 2.53. The van der Waals surface area contributed by atoms with Gasteiger partial charge in [-0.2, -0.15) is 0 Å². The van der Waals surface area contributed by atoms with Gasteiger partial charge in [0.05, 0.1) is 13.2 Å². The number of benzene rings is 2. The first-order valence-electron chi connectivity index (χ1n) is 7.48. The van der Waals surface area contributed by atoms with Crippen molar-refractivity contribution in [2.24, 2.45) is 5.73 Å². The highest BCUT2D eigenvalue weighted by molar-refractivity contribution is 5.90. The van der Waals surface area contributed by atoms with Gasteiger partial charge in [0.15, 0.2) is 0 Å². The standard InChI is InChI=1S/C18H22N2O2.ClH/c19-11-9-18(21)20-17-8-4-7-16(13-17)14-22-12-10-15-5-2-1-3-6-15;/h1-8,13H,9-12,14,19H2,(H,20,21);1H. The Morgan fingerprint density at radius 3 is 2.52 bits per heavy atom. The predicted molar refractivity (Wildman–Crippen MR) is 95.8 cm³/mol. The predicted octanol–water partition coefficient (Wildman–Crippen LogP) is 3.16. The van der Waals surface area contributed by atoms with Crippen LogP contribution in [0.3, 0.4) is 0 Å². The van der Waals surface area contributed by atoms with E-state index in [1.165, 1.54) is 5.56 Å². The fourth-order valence-electron chi connectivity index (χ4n) is 2.12. The molecule has 5 heteroatoms. The van der Waals surface area contributed by atoms with Crippen LogP contribution in [0.4, 0.5) is 5.69 Å². The number of rotatable bonds is 8. The molecular formula is C18H23ClN2O2. The average molecular weight is 335 g/mol. The van der Waals surface area contributed by atoms with E-state index in [0.29, 0.717) is 26.2 Å². The van der Waals surface area contributed by atoms with E-state index < -0.39 is 0 Å². The lowest BCUT2D eigenvalue weighted by molar-refractivity contribution is -0.116. The number of ether oxygens (including phenoxy) is 1. The summed E-state index contributed by atoms with van der Waals surface area (Å²) in [6.45, 7) is 1.56. The molecule has 0 unspecified atom stereocenters. The smallest absolute Gasteiger partial charge is 0.225 e. The van der Waals surface area contributed by atoms with Crippen LogP contribution in [0.1, 0.15) is 17.5 Å². The number of nitrogens with one attached hydrogen (secondary N) is 1. The first kappa shape index (κ1) is 19.2. The molecule has 2 rings (SSSR count). The van der Waals surface area contributed by atoms with Crippen molar-refractivity contribution >= 4 is 24.0 Å². The summed E-state index contributed by atoms with van der Waals surface area (Å²) in [5.74, 6) is -0.0651. The lowest BCUT2D eigenvalue weighted by atomic mass is 10.2. The Morgan fingerprint density at radius 2 is 1.78 bits per heavy atom. The second-order valence-electron chi connectivity index (χ2n) is 5.08. The second-order valence-corrected chi connectivity index (χ2v) is 5.08. The highest BCUT2D eigenvalue weighted by atomic mass is 35.5. The third kappa shape index (κ3) is 7.28. The minimum absolute atomic E-state index is 0. The van der Waals surface area contributed by atoms with Crippen molar-refractivity contribution in [3.63, 3.8) is 0 Å². The maximum absolute atomic E-state index is 11.5. The molecule has 4 nitrogen and oxygen atoms in total. The molecule has 0 atom stereocenters. The van der Waals surface area contributed by atoms with E-state index >= 15 is 0 Å². The normalized spacial score (nSPS) is 9.96. The molecule has 0 heterocycles. The van der Waals surface area contributed by atoms with Gasteiger partial charge < -0.3 is 15.8 Å². The third-order valence-electron chi connectivity index (χ3n) is 3.23. The van der Waals surface area contributed by atoms with Crippen LogP contribution >= 0.6 is 12.4 Å². The fourth-order valence-corrected chi connectivity index (χ4v) is 2.12. The molecule has 0 saturated heterocycles. The van der Waals surface area contributed by atoms with E-state index in [1.54, 1.807) is 0 Å². The van der Waals surface area contributed by atoms with E-state index in [9.17, 15) is 4.79 Å². The van der Waals surface area contributed by atoms with Gasteiger partial charge in [0.1, 0.15) is 0 Å². The lowest BCUT2D eigenvalue weighted by Gasteiger charge is -2.08. The maximum atomic E-state index is 11.5. The van der Waals surface area contributed by atoms with Crippen molar-refractivity contribution in [2.45, 2.75) is 19.4 Å². The molecule has 0 aromatic heterocycles. The van der Waals surface area contributed by atoms with E-state index in [0.717, 1.165) is 17.7 Å². The molecule has 0 aliphatic rings. The zero-order valence-electron chi connectivity index (χ0n) is 13.0. The molecule has 0 fully saturated rings. The van der Waals surface area contributed by atoms with Gasteiger partial charge in [0.25, 0.3) is 0 Å². The molecular weight excluding hydrogens is 312 g/mol. The summed E-state index contributed by atoms with van der Waals surface area (Å²) in [5, 5.41) is 2.83. The number of amides is 1. The van der Waals surface area contributed by atoms with E-state index in [4.69, 9.17) is 10.5 Å². The van der Waals surface area contributed by atoms with Gasteiger partial charge in [-0.3, -0.25) is 4.79 Å². The van der Waals surface area contributed by atoms with Gasteiger partial charge in [0, 0.05) is 18.7 Å². The van der Waals surface area contributed by atoms with Gasteiger partial charge in [-0.1, -0.05) is 42.5 Å². The molecule has 23 heavy (non-hydrogen) atoms. The monoisotopic (exact) mass is 334 g/mol. The molecule has 3 N–H and O–H groups in total. The van der Waals surface area contributed by atoms with Crippen LogP contribution in [0, 0.1) is 0 Å². The summed E-state index contributed by atoms with van der Waals surface area (Å²) in [6, 6.07) is 17.9. The van der Waals surface area contributed by atoms with Crippen LogP contribution in [0.15, 0.2) is 54.6 Å². The summed E-state index contributed by atoms with van der Waals surface area (Å²) >= 11 is 0. The first-order valence-corrected chi connectivity index (χ1v) is 7.48. The van der Waals surface area contributed by atoms with Gasteiger partial charge in [-0.05, 0) is 29.7 Å². The molecule has 0 saturated carbocycles. The van der Waals surface area contributed by atoms with Crippen molar-refractivity contribution in [3.05, 3.63) is 65.7 Å². The Labute approximate surface area is 143 Å². The highest BCUT2D eigenvalue weighted by Gasteiger charge is 2.02. The van der Waals surface area contributed by atoms with Crippen LogP contribution < -0.4 is 11.1 Å². The van der Waals surface area contributed by atoms with E-state index in [-0.39, 0.29) is 18.3 Å². The highest BCUT2D eigenvalue weighted by Crippen LogP contribution is 2.12. The number of carbonyl (C=O) groups excluding carboxylic acids is 1. The Morgan fingerprint density at radius 1 is 1.04 bits per heavy atom. The Kier molecular flexibility index (Phi) is 8.98. The van der Waals surface area contributed by atoms with Crippen molar-refractivity contribution < 1.29 is 9.53 Å². The molecule has 0 aliphatic carbocycles. The first-order chi connectivity index (χ1) is 10.8. The number of hydrogen-bond donors (Lipinski definition) is 2. The molecule has 124 valence electrons. The maximum Gasteiger partial charge on any atom is 0.225 e. The number of hydrogen-bond acceptors (Lipinski definition) is 3. The van der Waals surface area contributed by atoms with Gasteiger partial charge >= 0.3 is 0 Å². The van der Waals surface area contributed by atoms with Crippen LogP contribution in [-0.4, -0.2) is 19.1 Å². The lowest BCUT2D eigenvalue weighted by Crippen LogP contribution is -2.16. The zero-order chi connectivity index (χ0) is 15.6. The second kappa shape index (κ2) is 10.8. The van der Waals surface area contributed by atoms with Crippen molar-refractivity contribution in [3.8, 4) is 0 Å². The molecule has 1 amide bonds. The van der Waals surface area contributed by atoms with Crippen LogP contribution in [0.25, 0.3) is 0 Å². The number of carbonyl (C=O) groups is 1. The summed E-state index contributed by atoms with van der Waals surface area (Å²) in [5.41, 5.74) is 8.45. The fraction of sp³-hybridized carbons (Fsp3) is 0.278. The van der Waals surface area contributed by atoms with Crippen LogP contribution in [0.5, 0.6) is 0 Å². The largest absolute Gasteiger partial charge is 0.376 e. The SMILES string of the molecule is Cl.NCCC(=O)Nc1cccc(COCCc2ccccc2)c1. The quantitative estimate of drug-likeness (QED) is 0.729. The minimum atomic E-state index is -0.0651. The van der Waals surface area contributed by atoms with Crippen molar-refractivity contribution in [2.75, 3.05) is 18.5 Å². The van der Waals surface area contributed by atoms with Crippen molar-refractivity contribution in [1.82, 2.24) is 0 Å². The minimum Gasteiger partial charge on any atom is -0.376 e. The number of halogens is 1. The molecule has 0 aliphatic heterocycles. The molecule has 0 spiro atoms. The van der Waals surface area contributed by atoms with Gasteiger partial charge in [-0.15, -0.1) is 12.4 Å². The Bertz CT molecular complexity index is 591. The summed E-state index contributed by atoms with van der Waals surface area (Å²) in [6.07, 6.45) is 1.23. The zero-order valence-corrected chi connectivity index (χ0v) is 13.9. The van der Waals surface area contributed by atoms with Crippen molar-refractivity contribution in [1.29, 1.82) is 0 Å². The van der Waals surface area contributed by atoms with Crippen LogP contribution in [-0.2, 0) is 22.6 Å². The number of anilines is 1. The summed E-state index contributed by atoms with van der Waals surface area (Å²) in [7, 11) is 0. The number of nitrogens with two attached hydrogens (primary N) is 1. The van der Waals surface area contributed by atoms with E-state index in [1.807, 2.05) is 42.5 Å². The Hall–Kier alpha value is -1.88. The molecule has 0 bridgehead atoms. The third-order valence-corrected chi connectivity index (χ3v) is 3.23. The molecule has 0 radical (unpaired) electrons. The topological polar surface area (TPSA) is 64.4 Å². The van der Waals surface area contributed by atoms with E-state index in [2.05, 4.69) is 17.4 Å².